The molecular weight excluding hydrogens is 206 g/mol. The Balaban J connectivity index is 2.36. The maximum absolute atomic E-state index is 5.61. The number of rotatable bonds is 3. The van der Waals surface area contributed by atoms with Crippen molar-refractivity contribution in [2.45, 2.75) is 20.3 Å². The number of benzene rings is 1. The first-order valence-corrected chi connectivity index (χ1v) is 5.44. The van der Waals surface area contributed by atoms with Crippen molar-refractivity contribution < 1.29 is 14.3 Å². The van der Waals surface area contributed by atoms with Gasteiger partial charge in [-0.15, -0.1) is 0 Å². The molecule has 16 heavy (non-hydrogen) atoms. The molecule has 0 bridgehead atoms. The highest BCUT2D eigenvalue weighted by Crippen LogP contribution is 2.37. The minimum Gasteiger partial charge on any atom is -0.486 e. The molecule has 0 radical (unpaired) electrons. The van der Waals surface area contributed by atoms with E-state index in [1.807, 2.05) is 6.07 Å². The third-order valence-corrected chi connectivity index (χ3v) is 2.99. The minimum absolute atomic E-state index is 0.514. The lowest BCUT2D eigenvalue weighted by atomic mass is 9.99. The average molecular weight is 223 g/mol. The summed E-state index contributed by atoms with van der Waals surface area (Å²) in [5.41, 5.74) is 3.57. The molecule has 0 saturated heterocycles. The predicted molar refractivity (Wildman–Crippen MR) is 60.7 cm³/mol. The second-order valence-electron chi connectivity index (χ2n) is 3.93. The smallest absolute Gasteiger partial charge is 0.164 e. The Bertz CT molecular complexity index is 390. The quantitative estimate of drug-likeness (QED) is 0.789. The van der Waals surface area contributed by atoms with Crippen LogP contribution in [0.3, 0.4) is 0 Å². The van der Waals surface area contributed by atoms with E-state index in [-0.39, 0.29) is 0 Å². The topological polar surface area (TPSA) is 53.7 Å². The molecule has 0 aromatic heterocycles. The van der Waals surface area contributed by atoms with Crippen LogP contribution in [-0.4, -0.2) is 19.8 Å². The summed E-state index contributed by atoms with van der Waals surface area (Å²) < 4.78 is 11.2. The molecule has 1 aliphatic heterocycles. The molecule has 0 unspecified atom stereocenters. The van der Waals surface area contributed by atoms with Crippen LogP contribution in [0.4, 0.5) is 0 Å². The van der Waals surface area contributed by atoms with Crippen molar-refractivity contribution in [3.8, 4) is 11.5 Å². The van der Waals surface area contributed by atoms with Crippen molar-refractivity contribution in [3.05, 3.63) is 22.8 Å². The van der Waals surface area contributed by atoms with Crippen LogP contribution in [0.2, 0.25) is 0 Å². The van der Waals surface area contributed by atoms with Crippen LogP contribution in [0.1, 0.15) is 16.7 Å². The van der Waals surface area contributed by atoms with E-state index in [4.69, 9.17) is 15.4 Å². The Morgan fingerprint density at radius 1 is 1.25 bits per heavy atom. The average Bonchev–Trinajstić information content (AvgIpc) is 2.32. The van der Waals surface area contributed by atoms with Crippen molar-refractivity contribution >= 4 is 0 Å². The van der Waals surface area contributed by atoms with Gasteiger partial charge in [0, 0.05) is 0 Å². The maximum Gasteiger partial charge on any atom is 0.164 e. The molecule has 0 fully saturated rings. The van der Waals surface area contributed by atoms with Gasteiger partial charge in [-0.05, 0) is 43.0 Å². The molecule has 4 heteroatoms. The van der Waals surface area contributed by atoms with Crippen molar-refractivity contribution in [1.29, 1.82) is 0 Å². The number of ether oxygens (including phenoxy) is 2. The van der Waals surface area contributed by atoms with Crippen molar-refractivity contribution in [2.75, 3.05) is 19.8 Å². The first-order chi connectivity index (χ1) is 7.74. The Hall–Kier alpha value is -1.26. The van der Waals surface area contributed by atoms with Crippen LogP contribution < -0.4 is 15.4 Å². The monoisotopic (exact) mass is 223 g/mol. The molecule has 4 nitrogen and oxygen atoms in total. The Kier molecular flexibility index (Phi) is 3.31. The summed E-state index contributed by atoms with van der Waals surface area (Å²) in [5, 5.41) is 0. The van der Waals surface area contributed by atoms with Crippen molar-refractivity contribution in [1.82, 2.24) is 0 Å². The molecule has 0 aliphatic carbocycles. The number of fused-ring (bicyclic) bond motifs is 1. The molecule has 2 N–H and O–H groups in total. The number of nitrogens with two attached hydrogens (primary N) is 1. The zero-order valence-corrected chi connectivity index (χ0v) is 9.71. The number of hydrogen-bond acceptors (Lipinski definition) is 4. The van der Waals surface area contributed by atoms with Crippen molar-refractivity contribution in [2.24, 2.45) is 5.90 Å². The molecule has 1 aromatic rings. The molecule has 2 rings (SSSR count). The SMILES string of the molecule is Cc1c(CCON)cc2c(c1C)OCCO2. The Labute approximate surface area is 95.2 Å². The Morgan fingerprint density at radius 2 is 2.00 bits per heavy atom. The zero-order valence-electron chi connectivity index (χ0n) is 9.71. The van der Waals surface area contributed by atoms with E-state index < -0.39 is 0 Å². The molecule has 1 aromatic carbocycles. The van der Waals surface area contributed by atoms with E-state index >= 15 is 0 Å². The maximum atomic E-state index is 5.61. The summed E-state index contributed by atoms with van der Waals surface area (Å²) in [6.07, 6.45) is 0.791. The largest absolute Gasteiger partial charge is 0.486 e. The van der Waals surface area contributed by atoms with Crippen molar-refractivity contribution in [3.63, 3.8) is 0 Å². The van der Waals surface area contributed by atoms with Crippen LogP contribution in [0.5, 0.6) is 11.5 Å². The lowest BCUT2D eigenvalue weighted by molar-refractivity contribution is 0.140. The zero-order chi connectivity index (χ0) is 11.5. The number of hydrogen-bond donors (Lipinski definition) is 1. The van der Waals surface area contributed by atoms with Gasteiger partial charge in [0.25, 0.3) is 0 Å². The molecule has 0 spiro atoms. The summed E-state index contributed by atoms with van der Waals surface area (Å²) in [7, 11) is 0. The molecule has 0 amide bonds. The Morgan fingerprint density at radius 3 is 2.75 bits per heavy atom. The van der Waals surface area contributed by atoms with Crippen LogP contribution >= 0.6 is 0 Å². The van der Waals surface area contributed by atoms with E-state index in [1.54, 1.807) is 0 Å². The molecule has 88 valence electrons. The molecule has 1 aliphatic rings. The summed E-state index contributed by atoms with van der Waals surface area (Å²) in [6, 6.07) is 2.02. The second kappa shape index (κ2) is 4.72. The fourth-order valence-corrected chi connectivity index (χ4v) is 1.94. The summed E-state index contributed by atoms with van der Waals surface area (Å²) in [4.78, 5) is 4.61. The molecule has 0 atom stereocenters. The van der Waals surface area contributed by atoms with Gasteiger partial charge < -0.3 is 14.3 Å². The first kappa shape index (κ1) is 11.2. The lowest BCUT2D eigenvalue weighted by Gasteiger charge is -2.23. The predicted octanol–water partition coefficient (Wildman–Crippen LogP) is 1.51. The van der Waals surface area contributed by atoms with E-state index in [2.05, 4.69) is 18.7 Å². The van der Waals surface area contributed by atoms with Gasteiger partial charge >= 0.3 is 0 Å². The first-order valence-electron chi connectivity index (χ1n) is 5.44. The summed E-state index contributed by atoms with van der Waals surface area (Å²) in [5.74, 6) is 6.76. The van der Waals surface area contributed by atoms with Gasteiger partial charge in [0.15, 0.2) is 11.5 Å². The standard InChI is InChI=1S/C12H17NO3/c1-8-9(2)12-11(14-5-6-15-12)7-10(8)3-4-16-13/h7H,3-6,13H2,1-2H3. The summed E-state index contributed by atoms with van der Waals surface area (Å²) in [6.45, 7) is 5.88. The third-order valence-electron chi connectivity index (χ3n) is 2.99. The highest BCUT2D eigenvalue weighted by atomic mass is 16.6. The van der Waals surface area contributed by atoms with E-state index in [1.165, 1.54) is 11.1 Å². The molecular formula is C12H17NO3. The lowest BCUT2D eigenvalue weighted by Crippen LogP contribution is -2.17. The van der Waals surface area contributed by atoms with Gasteiger partial charge in [0.2, 0.25) is 0 Å². The van der Waals surface area contributed by atoms with E-state index in [0.29, 0.717) is 19.8 Å². The van der Waals surface area contributed by atoms with Crippen LogP contribution in [0, 0.1) is 13.8 Å². The van der Waals surface area contributed by atoms with E-state index in [0.717, 1.165) is 23.5 Å². The summed E-state index contributed by atoms with van der Waals surface area (Å²) >= 11 is 0. The van der Waals surface area contributed by atoms with Crippen LogP contribution in [0.15, 0.2) is 6.07 Å². The molecule has 0 saturated carbocycles. The van der Waals surface area contributed by atoms with Gasteiger partial charge in [0.05, 0.1) is 6.61 Å². The van der Waals surface area contributed by atoms with Crippen LogP contribution in [0.25, 0.3) is 0 Å². The fraction of sp³-hybridized carbons (Fsp3) is 0.500. The van der Waals surface area contributed by atoms with Gasteiger partial charge in [0.1, 0.15) is 13.2 Å². The van der Waals surface area contributed by atoms with Gasteiger partial charge in [-0.25, -0.2) is 5.90 Å². The minimum atomic E-state index is 0.514. The third kappa shape index (κ3) is 1.99. The fourth-order valence-electron chi connectivity index (χ4n) is 1.94. The normalized spacial score (nSPS) is 13.9. The van der Waals surface area contributed by atoms with E-state index in [9.17, 15) is 0 Å². The molecule has 1 heterocycles. The highest BCUT2D eigenvalue weighted by Gasteiger charge is 2.18. The van der Waals surface area contributed by atoms with Gasteiger partial charge in [-0.2, -0.15) is 0 Å². The van der Waals surface area contributed by atoms with Gasteiger partial charge in [-0.1, -0.05) is 0 Å². The second-order valence-corrected chi connectivity index (χ2v) is 3.93. The van der Waals surface area contributed by atoms with Crippen LogP contribution in [-0.2, 0) is 11.3 Å². The van der Waals surface area contributed by atoms with Gasteiger partial charge in [-0.3, -0.25) is 0 Å². The highest BCUT2D eigenvalue weighted by molar-refractivity contribution is 5.54.